The van der Waals surface area contributed by atoms with Crippen LogP contribution in [-0.2, 0) is 6.54 Å². The van der Waals surface area contributed by atoms with Crippen LogP contribution in [0.4, 0.5) is 0 Å². The summed E-state index contributed by atoms with van der Waals surface area (Å²) in [6, 6.07) is 8.10. The van der Waals surface area contributed by atoms with Crippen molar-refractivity contribution in [2.45, 2.75) is 31.7 Å². The third kappa shape index (κ3) is 2.78. The van der Waals surface area contributed by atoms with Crippen molar-refractivity contribution in [2.75, 3.05) is 13.2 Å². The van der Waals surface area contributed by atoms with Crippen molar-refractivity contribution in [2.24, 2.45) is 5.92 Å². The lowest BCUT2D eigenvalue weighted by atomic mass is 9.92. The van der Waals surface area contributed by atoms with Gasteiger partial charge in [0.05, 0.1) is 19.1 Å². The van der Waals surface area contributed by atoms with Crippen LogP contribution in [0.25, 0.3) is 0 Å². The molecule has 1 aromatic heterocycles. The summed E-state index contributed by atoms with van der Waals surface area (Å²) < 4.78 is 11.1. The van der Waals surface area contributed by atoms with E-state index in [2.05, 4.69) is 21.5 Å². The number of para-hydroxylation sites is 1. The number of benzene rings is 1. The SMILES string of the molecule is c1ccc2c(c1)OCCC2c1noc(CNCC2CC2)n1. The smallest absolute Gasteiger partial charge is 0.240 e. The van der Waals surface area contributed by atoms with E-state index in [0.29, 0.717) is 19.0 Å². The standard InChI is InChI=1S/C16H19N3O2/c1-2-4-14-12(3-1)13(7-8-20-14)16-18-15(21-19-16)10-17-9-11-5-6-11/h1-4,11,13,17H,5-10H2. The molecule has 1 aliphatic heterocycles. The van der Waals surface area contributed by atoms with Gasteiger partial charge in [-0.15, -0.1) is 0 Å². The van der Waals surface area contributed by atoms with Crippen molar-refractivity contribution in [3.8, 4) is 5.75 Å². The molecule has 2 aliphatic rings. The predicted molar refractivity (Wildman–Crippen MR) is 77.1 cm³/mol. The summed E-state index contributed by atoms with van der Waals surface area (Å²) in [6.45, 7) is 2.41. The summed E-state index contributed by atoms with van der Waals surface area (Å²) in [5, 5.41) is 7.55. The van der Waals surface area contributed by atoms with Gasteiger partial charge in [0.2, 0.25) is 5.89 Å². The van der Waals surface area contributed by atoms with Gasteiger partial charge in [-0.1, -0.05) is 23.4 Å². The normalized spacial score (nSPS) is 20.9. The molecule has 1 saturated carbocycles. The van der Waals surface area contributed by atoms with E-state index in [1.807, 2.05) is 18.2 Å². The average Bonchev–Trinajstić information content (AvgIpc) is 3.23. The maximum absolute atomic E-state index is 5.68. The molecule has 2 heterocycles. The van der Waals surface area contributed by atoms with Gasteiger partial charge in [0.25, 0.3) is 0 Å². The lowest BCUT2D eigenvalue weighted by Crippen LogP contribution is -2.17. The Balaban J connectivity index is 1.47. The molecule has 1 atom stereocenters. The van der Waals surface area contributed by atoms with Crippen molar-refractivity contribution >= 4 is 0 Å². The Hall–Kier alpha value is -1.88. The third-order valence-corrected chi connectivity index (χ3v) is 4.16. The van der Waals surface area contributed by atoms with Gasteiger partial charge in [0.1, 0.15) is 5.75 Å². The van der Waals surface area contributed by atoms with E-state index in [9.17, 15) is 0 Å². The first-order valence-electron chi connectivity index (χ1n) is 7.65. The van der Waals surface area contributed by atoms with E-state index in [0.717, 1.165) is 36.0 Å². The predicted octanol–water partition coefficient (Wildman–Crippen LogP) is 2.48. The number of fused-ring (bicyclic) bond motifs is 1. The highest BCUT2D eigenvalue weighted by atomic mass is 16.5. The molecule has 1 aliphatic carbocycles. The minimum atomic E-state index is 0.177. The fourth-order valence-corrected chi connectivity index (χ4v) is 2.80. The summed E-state index contributed by atoms with van der Waals surface area (Å²) in [6.07, 6.45) is 3.59. The Morgan fingerprint density at radius 3 is 3.00 bits per heavy atom. The van der Waals surface area contributed by atoms with Gasteiger partial charge in [0.15, 0.2) is 5.82 Å². The highest BCUT2D eigenvalue weighted by Gasteiger charge is 2.27. The first-order chi connectivity index (χ1) is 10.4. The van der Waals surface area contributed by atoms with Gasteiger partial charge in [-0.05, 0) is 37.8 Å². The fraction of sp³-hybridized carbons (Fsp3) is 0.500. The summed E-state index contributed by atoms with van der Waals surface area (Å²) >= 11 is 0. The van der Waals surface area contributed by atoms with Crippen LogP contribution < -0.4 is 10.1 Å². The lowest BCUT2D eigenvalue weighted by molar-refractivity contribution is 0.272. The zero-order valence-electron chi connectivity index (χ0n) is 11.9. The minimum Gasteiger partial charge on any atom is -0.493 e. The van der Waals surface area contributed by atoms with Crippen LogP contribution in [0.2, 0.25) is 0 Å². The van der Waals surface area contributed by atoms with Crippen LogP contribution in [0.3, 0.4) is 0 Å². The van der Waals surface area contributed by atoms with Crippen LogP contribution in [0, 0.1) is 5.92 Å². The molecule has 4 rings (SSSR count). The number of nitrogens with zero attached hydrogens (tertiary/aromatic N) is 2. The summed E-state index contributed by atoms with van der Waals surface area (Å²) in [5.41, 5.74) is 1.15. The Bertz CT molecular complexity index is 621. The molecule has 1 fully saturated rings. The molecule has 1 unspecified atom stereocenters. The number of rotatable bonds is 5. The molecule has 1 N–H and O–H groups in total. The second kappa shape index (κ2) is 5.48. The molecule has 0 saturated heterocycles. The molecule has 1 aromatic carbocycles. The second-order valence-corrected chi connectivity index (χ2v) is 5.85. The Labute approximate surface area is 123 Å². The van der Waals surface area contributed by atoms with E-state index in [1.165, 1.54) is 12.8 Å². The van der Waals surface area contributed by atoms with E-state index in [4.69, 9.17) is 9.26 Å². The molecule has 0 radical (unpaired) electrons. The van der Waals surface area contributed by atoms with E-state index >= 15 is 0 Å². The summed E-state index contributed by atoms with van der Waals surface area (Å²) in [7, 11) is 0. The van der Waals surface area contributed by atoms with Crippen LogP contribution in [0.5, 0.6) is 5.75 Å². The number of hydrogen-bond acceptors (Lipinski definition) is 5. The largest absolute Gasteiger partial charge is 0.493 e. The van der Waals surface area contributed by atoms with E-state index < -0.39 is 0 Å². The van der Waals surface area contributed by atoms with Crippen molar-refractivity contribution in [1.82, 2.24) is 15.5 Å². The minimum absolute atomic E-state index is 0.177. The van der Waals surface area contributed by atoms with Gasteiger partial charge in [-0.25, -0.2) is 0 Å². The highest BCUT2D eigenvalue weighted by Crippen LogP contribution is 2.36. The Kier molecular flexibility index (Phi) is 3.35. The quantitative estimate of drug-likeness (QED) is 0.914. The molecule has 0 spiro atoms. The third-order valence-electron chi connectivity index (χ3n) is 4.16. The molecular weight excluding hydrogens is 266 g/mol. The maximum Gasteiger partial charge on any atom is 0.240 e. The monoisotopic (exact) mass is 285 g/mol. The Morgan fingerprint density at radius 2 is 2.10 bits per heavy atom. The van der Waals surface area contributed by atoms with Crippen molar-refractivity contribution < 1.29 is 9.26 Å². The van der Waals surface area contributed by atoms with Crippen LogP contribution in [0.1, 0.15) is 42.5 Å². The fourth-order valence-electron chi connectivity index (χ4n) is 2.80. The van der Waals surface area contributed by atoms with E-state index in [1.54, 1.807) is 0 Å². The molecular formula is C16H19N3O2. The van der Waals surface area contributed by atoms with Gasteiger partial charge < -0.3 is 14.6 Å². The van der Waals surface area contributed by atoms with Gasteiger partial charge in [0, 0.05) is 5.56 Å². The zero-order chi connectivity index (χ0) is 14.1. The van der Waals surface area contributed by atoms with Crippen molar-refractivity contribution in [3.63, 3.8) is 0 Å². The van der Waals surface area contributed by atoms with Crippen molar-refractivity contribution in [3.05, 3.63) is 41.5 Å². The Morgan fingerprint density at radius 1 is 1.19 bits per heavy atom. The molecule has 110 valence electrons. The summed E-state index contributed by atoms with van der Waals surface area (Å²) in [5.74, 6) is 3.42. The molecule has 21 heavy (non-hydrogen) atoms. The van der Waals surface area contributed by atoms with Gasteiger partial charge in [-0.3, -0.25) is 0 Å². The summed E-state index contributed by atoms with van der Waals surface area (Å²) in [4.78, 5) is 4.55. The number of nitrogens with one attached hydrogen (secondary N) is 1. The van der Waals surface area contributed by atoms with Crippen LogP contribution >= 0.6 is 0 Å². The van der Waals surface area contributed by atoms with Crippen LogP contribution in [-0.4, -0.2) is 23.3 Å². The van der Waals surface area contributed by atoms with Crippen LogP contribution in [0.15, 0.2) is 28.8 Å². The van der Waals surface area contributed by atoms with Crippen molar-refractivity contribution in [1.29, 1.82) is 0 Å². The highest BCUT2D eigenvalue weighted by molar-refractivity contribution is 5.40. The lowest BCUT2D eigenvalue weighted by Gasteiger charge is -2.23. The average molecular weight is 285 g/mol. The molecule has 2 aromatic rings. The number of ether oxygens (including phenoxy) is 1. The maximum atomic E-state index is 5.68. The second-order valence-electron chi connectivity index (χ2n) is 5.85. The first kappa shape index (κ1) is 12.8. The molecule has 0 bridgehead atoms. The first-order valence-corrected chi connectivity index (χ1v) is 7.65. The zero-order valence-corrected chi connectivity index (χ0v) is 11.9. The van der Waals surface area contributed by atoms with E-state index in [-0.39, 0.29) is 5.92 Å². The van der Waals surface area contributed by atoms with Gasteiger partial charge >= 0.3 is 0 Å². The number of aromatic nitrogens is 2. The topological polar surface area (TPSA) is 60.2 Å². The van der Waals surface area contributed by atoms with Gasteiger partial charge in [-0.2, -0.15) is 4.98 Å². The number of hydrogen-bond donors (Lipinski definition) is 1. The molecule has 0 amide bonds. The molecule has 5 nitrogen and oxygen atoms in total. The molecule has 5 heteroatoms.